The summed E-state index contributed by atoms with van der Waals surface area (Å²) in [5.74, 6) is 0. The highest BCUT2D eigenvalue weighted by atomic mass is 15.1. The van der Waals surface area contributed by atoms with Crippen LogP contribution >= 0.6 is 0 Å². The first-order valence-corrected chi connectivity index (χ1v) is 5.00. The maximum Gasteiger partial charge on any atom is 0.0768 e. The lowest BCUT2D eigenvalue weighted by molar-refractivity contribution is 0.433. The Kier molecular flexibility index (Phi) is 2.82. The van der Waals surface area contributed by atoms with Gasteiger partial charge in [-0.15, -0.1) is 0 Å². The molecule has 0 aliphatic carbocycles. The van der Waals surface area contributed by atoms with Crippen LogP contribution in [0.3, 0.4) is 0 Å². The molecule has 1 aliphatic heterocycles. The van der Waals surface area contributed by atoms with Gasteiger partial charge in [0.1, 0.15) is 0 Å². The van der Waals surface area contributed by atoms with Crippen LogP contribution in [-0.4, -0.2) is 12.7 Å². The Morgan fingerprint density at radius 1 is 1.15 bits per heavy atom. The molecule has 0 radical (unpaired) electrons. The average Bonchev–Trinajstić information content (AvgIpc) is 2.21. The SMILES string of the molecule is c1ccc(NC2CCCCN2)cc1. The molecule has 1 atom stereocenters. The van der Waals surface area contributed by atoms with Gasteiger partial charge in [-0.1, -0.05) is 18.2 Å². The maximum atomic E-state index is 3.47. The van der Waals surface area contributed by atoms with Crippen molar-refractivity contribution in [2.24, 2.45) is 0 Å². The predicted molar refractivity (Wildman–Crippen MR) is 55.7 cm³/mol. The molecule has 0 aromatic heterocycles. The second kappa shape index (κ2) is 4.28. The van der Waals surface area contributed by atoms with E-state index >= 15 is 0 Å². The summed E-state index contributed by atoms with van der Waals surface area (Å²) in [4.78, 5) is 0. The van der Waals surface area contributed by atoms with Crippen molar-refractivity contribution in [1.82, 2.24) is 5.32 Å². The smallest absolute Gasteiger partial charge is 0.0768 e. The summed E-state index contributed by atoms with van der Waals surface area (Å²) in [6.07, 6.45) is 4.34. The van der Waals surface area contributed by atoms with Gasteiger partial charge in [-0.05, 0) is 37.9 Å². The van der Waals surface area contributed by atoms with E-state index in [9.17, 15) is 0 Å². The molecule has 2 rings (SSSR count). The Morgan fingerprint density at radius 2 is 2.00 bits per heavy atom. The van der Waals surface area contributed by atoms with Gasteiger partial charge in [0.05, 0.1) is 6.17 Å². The minimum absolute atomic E-state index is 0.469. The number of piperidine rings is 1. The van der Waals surface area contributed by atoms with E-state index in [-0.39, 0.29) is 0 Å². The first kappa shape index (κ1) is 8.57. The van der Waals surface area contributed by atoms with Gasteiger partial charge in [-0.2, -0.15) is 0 Å². The molecule has 70 valence electrons. The minimum atomic E-state index is 0.469. The molecule has 2 nitrogen and oxygen atoms in total. The summed E-state index contributed by atoms with van der Waals surface area (Å²) < 4.78 is 0. The van der Waals surface area contributed by atoms with E-state index in [4.69, 9.17) is 0 Å². The molecule has 1 aromatic carbocycles. The fraction of sp³-hybridized carbons (Fsp3) is 0.455. The molecule has 0 spiro atoms. The summed E-state index contributed by atoms with van der Waals surface area (Å²) in [6, 6.07) is 10.4. The van der Waals surface area contributed by atoms with Crippen LogP contribution in [0.25, 0.3) is 0 Å². The van der Waals surface area contributed by atoms with Crippen molar-refractivity contribution in [2.45, 2.75) is 25.4 Å². The maximum absolute atomic E-state index is 3.47. The van der Waals surface area contributed by atoms with Gasteiger partial charge in [-0.25, -0.2) is 0 Å². The third-order valence-corrected chi connectivity index (χ3v) is 2.42. The molecule has 1 fully saturated rings. The van der Waals surface area contributed by atoms with E-state index in [1.54, 1.807) is 0 Å². The third-order valence-electron chi connectivity index (χ3n) is 2.42. The molecule has 1 aliphatic rings. The molecule has 1 aromatic rings. The fourth-order valence-corrected chi connectivity index (χ4v) is 1.71. The lowest BCUT2D eigenvalue weighted by atomic mass is 10.1. The Labute approximate surface area is 79.4 Å². The molecule has 2 N–H and O–H groups in total. The third kappa shape index (κ3) is 2.46. The molecule has 2 heteroatoms. The standard InChI is InChI=1S/C11H16N2/c1-2-6-10(7-3-1)13-11-8-4-5-9-12-11/h1-3,6-7,11-13H,4-5,8-9H2. The molecular weight excluding hydrogens is 160 g/mol. The minimum Gasteiger partial charge on any atom is -0.370 e. The highest BCUT2D eigenvalue weighted by molar-refractivity contribution is 5.43. The number of hydrogen-bond acceptors (Lipinski definition) is 2. The van der Waals surface area contributed by atoms with Crippen molar-refractivity contribution in [3.63, 3.8) is 0 Å². The lowest BCUT2D eigenvalue weighted by Crippen LogP contribution is -2.39. The van der Waals surface area contributed by atoms with Crippen LogP contribution in [0, 0.1) is 0 Å². The summed E-state index contributed by atoms with van der Waals surface area (Å²) in [7, 11) is 0. The number of hydrogen-bond donors (Lipinski definition) is 2. The number of nitrogens with one attached hydrogen (secondary N) is 2. The molecule has 1 saturated heterocycles. The van der Waals surface area contributed by atoms with Gasteiger partial charge in [-0.3, -0.25) is 5.32 Å². The van der Waals surface area contributed by atoms with Crippen LogP contribution in [0.15, 0.2) is 30.3 Å². The van der Waals surface area contributed by atoms with Gasteiger partial charge < -0.3 is 5.32 Å². The van der Waals surface area contributed by atoms with Crippen molar-refractivity contribution >= 4 is 5.69 Å². The van der Waals surface area contributed by atoms with E-state index in [0.29, 0.717) is 6.17 Å². The van der Waals surface area contributed by atoms with Gasteiger partial charge in [0, 0.05) is 5.69 Å². The molecule has 0 amide bonds. The van der Waals surface area contributed by atoms with Crippen molar-refractivity contribution < 1.29 is 0 Å². The lowest BCUT2D eigenvalue weighted by Gasteiger charge is -2.25. The quantitative estimate of drug-likeness (QED) is 0.722. The second-order valence-corrected chi connectivity index (χ2v) is 3.51. The van der Waals surface area contributed by atoms with E-state index in [1.807, 2.05) is 6.07 Å². The Hall–Kier alpha value is -1.02. The Balaban J connectivity index is 1.90. The molecule has 1 unspecified atom stereocenters. The Bertz CT molecular complexity index is 240. The van der Waals surface area contributed by atoms with Crippen molar-refractivity contribution in [2.75, 3.05) is 11.9 Å². The number of anilines is 1. The zero-order chi connectivity index (χ0) is 8.93. The number of rotatable bonds is 2. The van der Waals surface area contributed by atoms with Crippen LogP contribution in [0.2, 0.25) is 0 Å². The van der Waals surface area contributed by atoms with Gasteiger partial charge in [0.15, 0.2) is 0 Å². The van der Waals surface area contributed by atoms with Crippen molar-refractivity contribution in [1.29, 1.82) is 0 Å². The molecule has 0 bridgehead atoms. The predicted octanol–water partition coefficient (Wildman–Crippen LogP) is 2.20. The first-order chi connectivity index (χ1) is 6.45. The zero-order valence-electron chi connectivity index (χ0n) is 7.79. The Morgan fingerprint density at radius 3 is 2.69 bits per heavy atom. The van der Waals surface area contributed by atoms with Crippen LogP contribution in [0.4, 0.5) is 5.69 Å². The zero-order valence-corrected chi connectivity index (χ0v) is 7.79. The van der Waals surface area contributed by atoms with E-state index in [1.165, 1.54) is 24.9 Å². The van der Waals surface area contributed by atoms with Crippen LogP contribution in [-0.2, 0) is 0 Å². The summed E-state index contributed by atoms with van der Waals surface area (Å²) in [5, 5.41) is 6.93. The normalized spacial score (nSPS) is 22.6. The first-order valence-electron chi connectivity index (χ1n) is 5.00. The van der Waals surface area contributed by atoms with E-state index < -0.39 is 0 Å². The summed E-state index contributed by atoms with van der Waals surface area (Å²) in [5.41, 5.74) is 1.21. The van der Waals surface area contributed by atoms with Gasteiger partial charge in [0.2, 0.25) is 0 Å². The van der Waals surface area contributed by atoms with E-state index in [2.05, 4.69) is 34.9 Å². The number of benzene rings is 1. The highest BCUT2D eigenvalue weighted by Gasteiger charge is 2.10. The molecule has 13 heavy (non-hydrogen) atoms. The largest absolute Gasteiger partial charge is 0.370 e. The highest BCUT2D eigenvalue weighted by Crippen LogP contribution is 2.11. The summed E-state index contributed by atoms with van der Waals surface area (Å²) >= 11 is 0. The number of para-hydroxylation sites is 1. The van der Waals surface area contributed by atoms with Crippen LogP contribution in [0.5, 0.6) is 0 Å². The van der Waals surface area contributed by atoms with E-state index in [0.717, 1.165) is 6.54 Å². The van der Waals surface area contributed by atoms with Crippen molar-refractivity contribution in [3.8, 4) is 0 Å². The van der Waals surface area contributed by atoms with Crippen molar-refractivity contribution in [3.05, 3.63) is 30.3 Å². The van der Waals surface area contributed by atoms with Crippen LogP contribution < -0.4 is 10.6 Å². The van der Waals surface area contributed by atoms with Gasteiger partial charge >= 0.3 is 0 Å². The second-order valence-electron chi connectivity index (χ2n) is 3.51. The monoisotopic (exact) mass is 176 g/mol. The molecule has 0 saturated carbocycles. The topological polar surface area (TPSA) is 24.1 Å². The fourth-order valence-electron chi connectivity index (χ4n) is 1.71. The summed E-state index contributed by atoms with van der Waals surface area (Å²) in [6.45, 7) is 1.14. The van der Waals surface area contributed by atoms with Crippen LogP contribution in [0.1, 0.15) is 19.3 Å². The molecular formula is C11H16N2. The average molecular weight is 176 g/mol. The molecule has 1 heterocycles. The van der Waals surface area contributed by atoms with Gasteiger partial charge in [0.25, 0.3) is 0 Å².